The Labute approximate surface area is 109 Å². The van der Waals surface area contributed by atoms with Crippen molar-refractivity contribution in [1.82, 2.24) is 10.3 Å². The molecule has 2 heterocycles. The van der Waals surface area contributed by atoms with Gasteiger partial charge in [-0.25, -0.2) is 4.98 Å². The van der Waals surface area contributed by atoms with Crippen molar-refractivity contribution in [1.29, 1.82) is 0 Å². The molecule has 18 heavy (non-hydrogen) atoms. The number of aryl methyl sites for hydroxylation is 1. The third kappa shape index (κ3) is 2.11. The second-order valence-electron chi connectivity index (χ2n) is 4.62. The van der Waals surface area contributed by atoms with Gasteiger partial charge >= 0.3 is 0 Å². The van der Waals surface area contributed by atoms with Gasteiger partial charge in [0.1, 0.15) is 0 Å². The van der Waals surface area contributed by atoms with Gasteiger partial charge in [-0.15, -0.1) is 0 Å². The first-order valence-corrected chi connectivity index (χ1v) is 6.93. The number of carbonyl (C=O) groups is 1. The standard InChI is InChI=1S/C13H15N3OS/c1-8-3-2-4-10-11(8)15-13(18-10)16-12(17)9-5-6-14-7-9/h2-4,9,14H,5-7H2,1H3,(H,15,16,17). The van der Waals surface area contributed by atoms with Crippen molar-refractivity contribution in [2.45, 2.75) is 13.3 Å². The van der Waals surface area contributed by atoms with Crippen molar-refractivity contribution in [3.8, 4) is 0 Å². The highest BCUT2D eigenvalue weighted by Crippen LogP contribution is 2.28. The molecule has 1 aromatic carbocycles. The number of amides is 1. The van der Waals surface area contributed by atoms with Crippen LogP contribution in [0.3, 0.4) is 0 Å². The van der Waals surface area contributed by atoms with Gasteiger partial charge in [-0.05, 0) is 31.5 Å². The number of hydrogen-bond donors (Lipinski definition) is 2. The van der Waals surface area contributed by atoms with Crippen molar-refractivity contribution in [2.75, 3.05) is 18.4 Å². The Balaban J connectivity index is 1.82. The van der Waals surface area contributed by atoms with Gasteiger partial charge in [-0.3, -0.25) is 4.79 Å². The van der Waals surface area contributed by atoms with E-state index in [1.54, 1.807) is 0 Å². The molecule has 2 aromatic rings. The minimum absolute atomic E-state index is 0.0803. The molecule has 3 rings (SSSR count). The largest absolute Gasteiger partial charge is 0.316 e. The fourth-order valence-electron chi connectivity index (χ4n) is 2.23. The Hall–Kier alpha value is -1.46. The molecule has 1 atom stereocenters. The number of nitrogens with zero attached hydrogens (tertiary/aromatic N) is 1. The predicted molar refractivity (Wildman–Crippen MR) is 74.0 cm³/mol. The van der Waals surface area contributed by atoms with Gasteiger partial charge in [-0.1, -0.05) is 23.5 Å². The molecule has 1 saturated heterocycles. The average molecular weight is 261 g/mol. The quantitative estimate of drug-likeness (QED) is 0.871. The lowest BCUT2D eigenvalue weighted by atomic mass is 10.1. The van der Waals surface area contributed by atoms with E-state index in [2.05, 4.69) is 15.6 Å². The summed E-state index contributed by atoms with van der Waals surface area (Å²) in [4.78, 5) is 16.5. The zero-order valence-corrected chi connectivity index (χ0v) is 11.0. The van der Waals surface area contributed by atoms with Crippen LogP contribution in [0.5, 0.6) is 0 Å². The Morgan fingerprint density at radius 2 is 2.44 bits per heavy atom. The number of fused-ring (bicyclic) bond motifs is 1. The summed E-state index contributed by atoms with van der Waals surface area (Å²) in [5.74, 6) is 0.162. The summed E-state index contributed by atoms with van der Waals surface area (Å²) in [6, 6.07) is 6.09. The van der Waals surface area contributed by atoms with E-state index in [4.69, 9.17) is 0 Å². The first kappa shape index (κ1) is 11.6. The maximum atomic E-state index is 12.0. The van der Waals surface area contributed by atoms with Gasteiger partial charge < -0.3 is 10.6 Å². The second kappa shape index (κ2) is 4.66. The van der Waals surface area contributed by atoms with Crippen LogP contribution < -0.4 is 10.6 Å². The summed E-state index contributed by atoms with van der Waals surface area (Å²) < 4.78 is 1.12. The number of thiazole rings is 1. The summed E-state index contributed by atoms with van der Waals surface area (Å²) in [5, 5.41) is 6.83. The fraction of sp³-hybridized carbons (Fsp3) is 0.385. The number of aromatic nitrogens is 1. The van der Waals surface area contributed by atoms with Gasteiger partial charge in [0.2, 0.25) is 5.91 Å². The summed E-state index contributed by atoms with van der Waals surface area (Å²) >= 11 is 1.54. The molecule has 1 aromatic heterocycles. The van der Waals surface area contributed by atoms with Crippen LogP contribution in [-0.4, -0.2) is 24.0 Å². The van der Waals surface area contributed by atoms with E-state index in [0.717, 1.165) is 35.3 Å². The molecule has 0 bridgehead atoms. The number of nitrogens with one attached hydrogen (secondary N) is 2. The number of anilines is 1. The van der Waals surface area contributed by atoms with E-state index in [1.165, 1.54) is 11.3 Å². The molecular weight excluding hydrogens is 246 g/mol. The molecular formula is C13H15N3OS. The highest BCUT2D eigenvalue weighted by Gasteiger charge is 2.23. The van der Waals surface area contributed by atoms with Crippen LogP contribution in [0.4, 0.5) is 5.13 Å². The maximum absolute atomic E-state index is 12.0. The van der Waals surface area contributed by atoms with E-state index in [9.17, 15) is 4.79 Å². The van der Waals surface area contributed by atoms with Crippen LogP contribution in [0, 0.1) is 12.8 Å². The Bertz CT molecular complexity index is 587. The van der Waals surface area contributed by atoms with E-state index >= 15 is 0 Å². The molecule has 0 radical (unpaired) electrons. The van der Waals surface area contributed by atoms with Crippen LogP contribution in [0.15, 0.2) is 18.2 Å². The molecule has 1 amide bonds. The number of hydrogen-bond acceptors (Lipinski definition) is 4. The number of benzene rings is 1. The normalized spacial score (nSPS) is 19.3. The Morgan fingerprint density at radius 3 is 3.17 bits per heavy atom. The van der Waals surface area contributed by atoms with Crippen LogP contribution in [0.1, 0.15) is 12.0 Å². The molecule has 1 unspecified atom stereocenters. The maximum Gasteiger partial charge on any atom is 0.230 e. The molecule has 1 aliphatic heterocycles. The first-order chi connectivity index (χ1) is 8.74. The summed E-state index contributed by atoms with van der Waals surface area (Å²) in [7, 11) is 0. The van der Waals surface area contributed by atoms with Crippen molar-refractivity contribution >= 4 is 32.6 Å². The van der Waals surface area contributed by atoms with Crippen molar-refractivity contribution in [2.24, 2.45) is 5.92 Å². The number of rotatable bonds is 2. The Kier molecular flexibility index (Phi) is 3.01. The van der Waals surface area contributed by atoms with Gasteiger partial charge in [0.05, 0.1) is 16.1 Å². The lowest BCUT2D eigenvalue weighted by Crippen LogP contribution is -2.24. The monoisotopic (exact) mass is 261 g/mol. The molecule has 0 aliphatic carbocycles. The minimum Gasteiger partial charge on any atom is -0.316 e. The lowest BCUT2D eigenvalue weighted by Gasteiger charge is -2.06. The SMILES string of the molecule is Cc1cccc2sc(NC(=O)C3CCNC3)nc12. The molecule has 1 aliphatic rings. The van der Waals surface area contributed by atoms with Gasteiger partial charge in [0, 0.05) is 6.54 Å². The second-order valence-corrected chi connectivity index (χ2v) is 5.65. The van der Waals surface area contributed by atoms with Crippen LogP contribution in [0.2, 0.25) is 0 Å². The summed E-state index contributed by atoms with van der Waals surface area (Å²) in [6.07, 6.45) is 0.912. The third-order valence-electron chi connectivity index (χ3n) is 3.28. The third-order valence-corrected chi connectivity index (χ3v) is 4.22. The molecule has 4 nitrogen and oxygen atoms in total. The predicted octanol–water partition coefficient (Wildman–Crippen LogP) is 2.15. The topological polar surface area (TPSA) is 54.0 Å². The fourth-order valence-corrected chi connectivity index (χ4v) is 3.17. The van der Waals surface area contributed by atoms with Crippen LogP contribution in [-0.2, 0) is 4.79 Å². The first-order valence-electron chi connectivity index (χ1n) is 6.12. The van der Waals surface area contributed by atoms with E-state index in [-0.39, 0.29) is 11.8 Å². The Morgan fingerprint density at radius 1 is 1.56 bits per heavy atom. The van der Waals surface area contributed by atoms with Crippen LogP contribution >= 0.6 is 11.3 Å². The summed E-state index contributed by atoms with van der Waals surface area (Å²) in [6.45, 7) is 3.74. The van der Waals surface area contributed by atoms with Crippen LogP contribution in [0.25, 0.3) is 10.2 Å². The highest BCUT2D eigenvalue weighted by atomic mass is 32.1. The molecule has 1 fully saturated rings. The molecule has 2 N–H and O–H groups in total. The van der Waals surface area contributed by atoms with E-state index in [0.29, 0.717) is 5.13 Å². The molecule has 5 heteroatoms. The number of para-hydroxylation sites is 1. The van der Waals surface area contributed by atoms with Gasteiger partial charge in [0.15, 0.2) is 5.13 Å². The molecule has 94 valence electrons. The zero-order chi connectivity index (χ0) is 12.5. The van der Waals surface area contributed by atoms with Gasteiger partial charge in [-0.2, -0.15) is 0 Å². The molecule has 0 spiro atoms. The van der Waals surface area contributed by atoms with Crippen molar-refractivity contribution in [3.05, 3.63) is 23.8 Å². The smallest absolute Gasteiger partial charge is 0.230 e. The van der Waals surface area contributed by atoms with Gasteiger partial charge in [0.25, 0.3) is 0 Å². The highest BCUT2D eigenvalue weighted by molar-refractivity contribution is 7.22. The number of carbonyl (C=O) groups excluding carboxylic acids is 1. The van der Waals surface area contributed by atoms with E-state index in [1.807, 2.05) is 25.1 Å². The summed E-state index contributed by atoms with van der Waals surface area (Å²) in [5.41, 5.74) is 2.13. The van der Waals surface area contributed by atoms with Crippen molar-refractivity contribution in [3.63, 3.8) is 0 Å². The lowest BCUT2D eigenvalue weighted by molar-refractivity contribution is -0.119. The van der Waals surface area contributed by atoms with Crippen molar-refractivity contribution < 1.29 is 4.79 Å². The van der Waals surface area contributed by atoms with E-state index < -0.39 is 0 Å². The zero-order valence-electron chi connectivity index (χ0n) is 10.2. The average Bonchev–Trinajstić information content (AvgIpc) is 2.97. The molecule has 0 saturated carbocycles. The minimum atomic E-state index is 0.0803.